The number of carbonyl (C=O) groups excluding carboxylic acids is 2. The summed E-state index contributed by atoms with van der Waals surface area (Å²) in [5, 5.41) is 4.80. The average Bonchev–Trinajstić information content (AvgIpc) is 2.73. The molecule has 0 aliphatic carbocycles. The van der Waals surface area contributed by atoms with E-state index in [-0.39, 0.29) is 13.2 Å². The summed E-state index contributed by atoms with van der Waals surface area (Å²) < 4.78 is 47.1. The summed E-state index contributed by atoms with van der Waals surface area (Å²) in [6.07, 6.45) is -4.86. The van der Waals surface area contributed by atoms with E-state index in [0.29, 0.717) is 0 Å². The Kier molecular flexibility index (Phi) is 4.52. The molecule has 106 valence electrons. The third kappa shape index (κ3) is 3.24. The monoisotopic (exact) mass is 280 g/mol. The zero-order valence-electron chi connectivity index (χ0n) is 10.1. The van der Waals surface area contributed by atoms with E-state index in [2.05, 4.69) is 14.6 Å². The molecule has 0 fully saturated rings. The molecule has 1 rings (SSSR count). The summed E-state index contributed by atoms with van der Waals surface area (Å²) in [6.45, 7) is 2.70. The summed E-state index contributed by atoms with van der Waals surface area (Å²) >= 11 is 0. The predicted octanol–water partition coefficient (Wildman–Crippen LogP) is 1.78. The zero-order chi connectivity index (χ0) is 14.6. The average molecular weight is 280 g/mol. The first-order chi connectivity index (χ1) is 8.82. The maximum atomic E-state index is 12.7. The maximum absolute atomic E-state index is 12.7. The van der Waals surface area contributed by atoms with Crippen LogP contribution in [0.5, 0.6) is 0 Å². The number of hydrogen-bond donors (Lipinski definition) is 1. The van der Waals surface area contributed by atoms with Crippen LogP contribution in [0.2, 0.25) is 0 Å². The summed E-state index contributed by atoms with van der Waals surface area (Å²) in [5.41, 5.74) is -3.14. The van der Waals surface area contributed by atoms with Gasteiger partial charge in [0, 0.05) is 0 Å². The molecule has 0 radical (unpaired) electrons. The van der Waals surface area contributed by atoms with Gasteiger partial charge in [0.1, 0.15) is 5.56 Å². The van der Waals surface area contributed by atoms with Crippen molar-refractivity contribution < 1.29 is 32.2 Å². The summed E-state index contributed by atoms with van der Waals surface area (Å²) in [4.78, 5) is 22.9. The molecule has 0 spiro atoms. The van der Waals surface area contributed by atoms with Crippen LogP contribution < -0.4 is 0 Å². The highest BCUT2D eigenvalue weighted by Crippen LogP contribution is 2.32. The van der Waals surface area contributed by atoms with Crippen LogP contribution in [0.4, 0.5) is 13.2 Å². The van der Waals surface area contributed by atoms with Crippen molar-refractivity contribution in [3.05, 3.63) is 17.0 Å². The number of aromatic amines is 1. The lowest BCUT2D eigenvalue weighted by Gasteiger charge is -2.07. The lowest BCUT2D eigenvalue weighted by Crippen LogP contribution is -2.18. The van der Waals surface area contributed by atoms with E-state index in [1.54, 1.807) is 5.10 Å². The fourth-order valence-electron chi connectivity index (χ4n) is 1.30. The number of rotatable bonds is 4. The first-order valence-corrected chi connectivity index (χ1v) is 5.32. The predicted molar refractivity (Wildman–Crippen MR) is 55.5 cm³/mol. The van der Waals surface area contributed by atoms with Crippen molar-refractivity contribution in [2.75, 3.05) is 13.2 Å². The van der Waals surface area contributed by atoms with Crippen molar-refractivity contribution in [3.8, 4) is 0 Å². The van der Waals surface area contributed by atoms with Crippen LogP contribution in [-0.4, -0.2) is 35.3 Å². The van der Waals surface area contributed by atoms with Crippen LogP contribution in [0.15, 0.2) is 0 Å². The molecule has 0 aliphatic rings. The molecule has 19 heavy (non-hydrogen) atoms. The number of nitrogens with one attached hydrogen (secondary N) is 1. The normalized spacial score (nSPS) is 11.2. The summed E-state index contributed by atoms with van der Waals surface area (Å²) in [5.74, 6) is -2.41. The number of halogens is 3. The first kappa shape index (κ1) is 15.0. The van der Waals surface area contributed by atoms with Gasteiger partial charge in [-0.15, -0.1) is 0 Å². The molecule has 6 nitrogen and oxygen atoms in total. The van der Waals surface area contributed by atoms with Crippen molar-refractivity contribution in [2.45, 2.75) is 20.0 Å². The minimum absolute atomic E-state index is 0.0602. The molecule has 1 N–H and O–H groups in total. The highest BCUT2D eigenvalue weighted by atomic mass is 19.4. The van der Waals surface area contributed by atoms with Crippen molar-refractivity contribution in [3.63, 3.8) is 0 Å². The Morgan fingerprint density at radius 2 is 1.68 bits per heavy atom. The lowest BCUT2D eigenvalue weighted by molar-refractivity contribution is -0.141. The Bertz CT molecular complexity index is 482. The van der Waals surface area contributed by atoms with Gasteiger partial charge >= 0.3 is 18.1 Å². The third-order valence-electron chi connectivity index (χ3n) is 2.00. The second kappa shape index (κ2) is 5.72. The molecule has 0 saturated carbocycles. The van der Waals surface area contributed by atoms with Gasteiger partial charge in [0.05, 0.1) is 13.2 Å². The Balaban J connectivity index is 3.30. The van der Waals surface area contributed by atoms with Crippen molar-refractivity contribution in [1.82, 2.24) is 10.2 Å². The van der Waals surface area contributed by atoms with Gasteiger partial charge in [0.25, 0.3) is 0 Å². The second-order valence-electron chi connectivity index (χ2n) is 3.26. The number of alkyl halides is 3. The lowest BCUT2D eigenvalue weighted by atomic mass is 10.1. The van der Waals surface area contributed by atoms with Crippen molar-refractivity contribution >= 4 is 11.9 Å². The number of esters is 2. The largest absolute Gasteiger partial charge is 0.462 e. The molecule has 1 aromatic heterocycles. The number of hydrogen-bond acceptors (Lipinski definition) is 5. The molecule has 1 aromatic rings. The zero-order valence-corrected chi connectivity index (χ0v) is 10.1. The maximum Gasteiger partial charge on any atom is 0.433 e. The number of ether oxygens (including phenoxy) is 2. The van der Waals surface area contributed by atoms with Gasteiger partial charge < -0.3 is 9.47 Å². The number of nitrogens with zero attached hydrogens (tertiary/aromatic N) is 1. The molecule has 0 atom stereocenters. The van der Waals surface area contributed by atoms with E-state index < -0.39 is 35.1 Å². The third-order valence-corrected chi connectivity index (χ3v) is 2.00. The van der Waals surface area contributed by atoms with Gasteiger partial charge in [-0.3, -0.25) is 5.10 Å². The topological polar surface area (TPSA) is 81.3 Å². The Hall–Kier alpha value is -2.06. The van der Waals surface area contributed by atoms with Crippen LogP contribution in [0, 0.1) is 0 Å². The van der Waals surface area contributed by atoms with E-state index in [1.165, 1.54) is 13.8 Å². The van der Waals surface area contributed by atoms with E-state index in [4.69, 9.17) is 0 Å². The summed E-state index contributed by atoms with van der Waals surface area (Å²) in [7, 11) is 0. The minimum atomic E-state index is -4.86. The van der Waals surface area contributed by atoms with Gasteiger partial charge in [-0.2, -0.15) is 18.3 Å². The first-order valence-electron chi connectivity index (χ1n) is 5.32. The quantitative estimate of drug-likeness (QED) is 0.850. The highest BCUT2D eigenvalue weighted by Gasteiger charge is 2.41. The fourth-order valence-corrected chi connectivity index (χ4v) is 1.30. The number of carbonyl (C=O) groups is 2. The van der Waals surface area contributed by atoms with Crippen molar-refractivity contribution in [2.24, 2.45) is 0 Å². The molecular weight excluding hydrogens is 269 g/mol. The molecule has 1 heterocycles. The highest BCUT2D eigenvalue weighted by molar-refractivity contribution is 6.02. The molecule has 0 aromatic carbocycles. The standard InChI is InChI=1S/C10H11F3N2O4/c1-3-18-8(16)5-6(9(17)19-4-2)14-15-7(5)10(11,12)13/h3-4H2,1-2H3,(H,14,15). The smallest absolute Gasteiger partial charge is 0.433 e. The van der Waals surface area contributed by atoms with Gasteiger partial charge in [-0.25, -0.2) is 9.59 Å². The van der Waals surface area contributed by atoms with Gasteiger partial charge in [0.2, 0.25) is 0 Å². The SMILES string of the molecule is CCOC(=O)c1n[nH]c(C(F)(F)F)c1C(=O)OCC. The number of H-pyrrole nitrogens is 1. The van der Waals surface area contributed by atoms with Crippen molar-refractivity contribution in [1.29, 1.82) is 0 Å². The Morgan fingerprint density at radius 1 is 1.16 bits per heavy atom. The fraction of sp³-hybridized carbons (Fsp3) is 0.500. The Labute approximate surface area is 105 Å². The van der Waals surface area contributed by atoms with E-state index in [0.717, 1.165) is 0 Å². The molecule has 0 aliphatic heterocycles. The molecule has 9 heteroatoms. The number of aromatic nitrogens is 2. The van der Waals surface area contributed by atoms with Gasteiger partial charge in [-0.05, 0) is 13.8 Å². The van der Waals surface area contributed by atoms with Gasteiger partial charge in [-0.1, -0.05) is 0 Å². The minimum Gasteiger partial charge on any atom is -0.462 e. The molecule has 0 unspecified atom stereocenters. The second-order valence-corrected chi connectivity index (χ2v) is 3.26. The van der Waals surface area contributed by atoms with Gasteiger partial charge in [0.15, 0.2) is 11.4 Å². The Morgan fingerprint density at radius 3 is 2.16 bits per heavy atom. The molecule has 0 saturated heterocycles. The summed E-state index contributed by atoms with van der Waals surface area (Å²) in [6, 6.07) is 0. The van der Waals surface area contributed by atoms with Crippen LogP contribution in [0.3, 0.4) is 0 Å². The van der Waals surface area contributed by atoms with E-state index in [9.17, 15) is 22.8 Å². The van der Waals surface area contributed by atoms with Crippen LogP contribution in [0.25, 0.3) is 0 Å². The molecule has 0 bridgehead atoms. The van der Waals surface area contributed by atoms with Crippen LogP contribution in [0.1, 0.15) is 40.4 Å². The van der Waals surface area contributed by atoms with E-state index >= 15 is 0 Å². The molecular formula is C10H11F3N2O4. The molecule has 0 amide bonds. The van der Waals surface area contributed by atoms with Crippen LogP contribution >= 0.6 is 0 Å². The van der Waals surface area contributed by atoms with Crippen LogP contribution in [-0.2, 0) is 15.7 Å². The van der Waals surface area contributed by atoms with E-state index in [1.807, 2.05) is 0 Å².